The number of hydrogen-bond donors (Lipinski definition) is 1. The van der Waals surface area contributed by atoms with Crippen molar-refractivity contribution < 1.29 is 36.0 Å². The van der Waals surface area contributed by atoms with E-state index in [1.165, 1.54) is 0 Å². The number of nitrogens with one attached hydrogen (secondary N) is 1. The molecule has 5 aromatic rings. The lowest BCUT2D eigenvalue weighted by Crippen LogP contribution is -2.38. The van der Waals surface area contributed by atoms with Gasteiger partial charge < -0.3 is 31.5 Å². The number of para-hydroxylation sites is 5. The molecule has 0 fully saturated rings. The zero-order valence-electron chi connectivity index (χ0n) is 21.9. The first kappa shape index (κ1) is 28.2. The normalized spacial score (nSPS) is 10.9. The van der Waals surface area contributed by atoms with Crippen molar-refractivity contribution >= 4 is 29.8 Å². The van der Waals surface area contributed by atoms with E-state index in [0.717, 1.165) is 39.3 Å². The molecule has 1 N–H and O–H groups in total. The Morgan fingerprint density at radius 2 is 1.20 bits per heavy atom. The van der Waals surface area contributed by atoms with Crippen LogP contribution in [-0.2, 0) is 0 Å². The van der Waals surface area contributed by atoms with Gasteiger partial charge in [0.15, 0.2) is 22.8 Å². The Bertz CT molecular complexity index is 1600. The molecule has 1 heterocycles. The number of fused-ring (bicyclic) bond motifs is 1. The second-order valence-electron chi connectivity index (χ2n) is 8.33. The fourth-order valence-electron chi connectivity index (χ4n) is 4.26. The van der Waals surface area contributed by atoms with E-state index >= 15 is 0 Å². The van der Waals surface area contributed by atoms with Crippen LogP contribution in [0.2, 0.25) is 0 Å². The van der Waals surface area contributed by atoms with Gasteiger partial charge in [0.1, 0.15) is 17.1 Å². The van der Waals surface area contributed by atoms with E-state index in [1.807, 2.05) is 78.9 Å². The number of ether oxygens (including phenoxy) is 3. The molecule has 5 rings (SSSR count). The topological polar surface area (TPSA) is 56.5 Å². The first-order chi connectivity index (χ1) is 19.2. The number of methoxy groups -OCH3 is 3. The Balaban J connectivity index is 0.000000681. The standard InChI is InChI=1S/C29H25N3O3.BF4/c1-33-24-17-9-7-15-22(24)30-29-31-27-21(14-11-19-26(27)35-3)28(20-12-5-4-6-13-20)32(29)23-16-8-10-18-25(23)34-2;2-1(3,4)5/h4-19H,1-3H3;/q;-1/p+1. The second-order valence-corrected chi connectivity index (χ2v) is 8.33. The molecule has 0 amide bonds. The van der Waals surface area contributed by atoms with Crippen LogP contribution in [-0.4, -0.2) is 33.6 Å². The molecule has 11 heteroatoms. The number of benzene rings is 4. The lowest BCUT2D eigenvalue weighted by atomic mass is 10.0. The molecule has 0 saturated carbocycles. The molecule has 0 unspecified atom stereocenters. The Morgan fingerprint density at radius 1 is 0.650 bits per heavy atom. The van der Waals surface area contributed by atoms with Gasteiger partial charge in [0, 0.05) is 5.56 Å². The molecule has 0 spiro atoms. The summed E-state index contributed by atoms with van der Waals surface area (Å²) in [6.07, 6.45) is 0. The average Bonchev–Trinajstić information content (AvgIpc) is 2.96. The highest BCUT2D eigenvalue weighted by Gasteiger charge is 2.28. The predicted octanol–water partition coefficient (Wildman–Crippen LogP) is 7.25. The SMILES string of the molecule is COc1ccccc1Nc1nc2c(OC)cccc2c(-c2ccccc2)[n+]1-c1ccccc1OC.F[B-](F)(F)F. The van der Waals surface area contributed by atoms with Crippen molar-refractivity contribution in [3.63, 3.8) is 0 Å². The summed E-state index contributed by atoms with van der Waals surface area (Å²) < 4.78 is 58.2. The van der Waals surface area contributed by atoms with Gasteiger partial charge in [-0.05, 0) is 36.4 Å². The quantitative estimate of drug-likeness (QED) is 0.131. The summed E-state index contributed by atoms with van der Waals surface area (Å²) in [5.74, 6) is 2.72. The van der Waals surface area contributed by atoms with Crippen molar-refractivity contribution in [2.45, 2.75) is 0 Å². The van der Waals surface area contributed by atoms with Crippen LogP contribution in [0.5, 0.6) is 17.2 Å². The smallest absolute Gasteiger partial charge is 0.493 e. The molecule has 0 atom stereocenters. The summed E-state index contributed by atoms with van der Waals surface area (Å²) in [4.78, 5) is 5.07. The molecular weight excluding hydrogens is 525 g/mol. The average molecular weight is 551 g/mol. The maximum Gasteiger partial charge on any atom is 0.673 e. The third-order valence-corrected chi connectivity index (χ3v) is 5.85. The van der Waals surface area contributed by atoms with Gasteiger partial charge in [-0.15, -0.1) is 0 Å². The molecule has 4 aromatic carbocycles. The van der Waals surface area contributed by atoms with Gasteiger partial charge in [-0.2, -0.15) is 4.57 Å². The summed E-state index contributed by atoms with van der Waals surface area (Å²) in [6.45, 7) is 0. The highest BCUT2D eigenvalue weighted by atomic mass is 19.5. The highest BCUT2D eigenvalue weighted by Crippen LogP contribution is 2.35. The summed E-state index contributed by atoms with van der Waals surface area (Å²) in [5, 5.41) is 4.46. The molecular formula is C29H26BF4N3O3. The lowest BCUT2D eigenvalue weighted by Gasteiger charge is -2.17. The summed E-state index contributed by atoms with van der Waals surface area (Å²) in [5.41, 5.74) is 4.37. The van der Waals surface area contributed by atoms with E-state index in [-0.39, 0.29) is 0 Å². The van der Waals surface area contributed by atoms with Gasteiger partial charge in [-0.1, -0.05) is 65.6 Å². The fourth-order valence-corrected chi connectivity index (χ4v) is 4.26. The van der Waals surface area contributed by atoms with E-state index in [4.69, 9.17) is 19.2 Å². The summed E-state index contributed by atoms with van der Waals surface area (Å²) in [7, 11) is -1.01. The third kappa shape index (κ3) is 6.43. The van der Waals surface area contributed by atoms with Crippen LogP contribution in [0.1, 0.15) is 0 Å². The van der Waals surface area contributed by atoms with E-state index in [0.29, 0.717) is 17.4 Å². The Morgan fingerprint density at radius 3 is 1.85 bits per heavy atom. The number of halogens is 4. The molecule has 206 valence electrons. The minimum atomic E-state index is -6.00. The lowest BCUT2D eigenvalue weighted by molar-refractivity contribution is -0.570. The first-order valence-corrected chi connectivity index (χ1v) is 12.1. The van der Waals surface area contributed by atoms with Gasteiger partial charge in [0.05, 0.1) is 26.7 Å². The van der Waals surface area contributed by atoms with Crippen molar-refractivity contribution in [3.05, 3.63) is 97.1 Å². The molecule has 1 aromatic heterocycles. The van der Waals surface area contributed by atoms with Gasteiger partial charge in [-0.25, -0.2) is 5.32 Å². The van der Waals surface area contributed by atoms with Crippen LogP contribution < -0.4 is 24.1 Å². The van der Waals surface area contributed by atoms with Gasteiger partial charge >= 0.3 is 13.2 Å². The maximum absolute atomic E-state index is 9.75. The van der Waals surface area contributed by atoms with Crippen LogP contribution in [0.25, 0.3) is 27.8 Å². The van der Waals surface area contributed by atoms with Crippen LogP contribution in [0, 0.1) is 0 Å². The molecule has 6 nitrogen and oxygen atoms in total. The van der Waals surface area contributed by atoms with Crippen LogP contribution in [0.3, 0.4) is 0 Å². The zero-order chi connectivity index (χ0) is 28.7. The predicted molar refractivity (Wildman–Crippen MR) is 148 cm³/mol. The van der Waals surface area contributed by atoms with E-state index < -0.39 is 7.25 Å². The van der Waals surface area contributed by atoms with Crippen LogP contribution >= 0.6 is 0 Å². The van der Waals surface area contributed by atoms with E-state index in [2.05, 4.69) is 28.1 Å². The Hall–Kier alpha value is -4.80. The van der Waals surface area contributed by atoms with Gasteiger partial charge in [0.25, 0.3) is 0 Å². The zero-order valence-corrected chi connectivity index (χ0v) is 21.9. The number of anilines is 2. The number of rotatable bonds is 7. The second kappa shape index (κ2) is 12.4. The van der Waals surface area contributed by atoms with Crippen molar-refractivity contribution in [1.29, 1.82) is 0 Å². The van der Waals surface area contributed by atoms with Crippen molar-refractivity contribution in [3.8, 4) is 34.2 Å². The monoisotopic (exact) mass is 551 g/mol. The molecule has 40 heavy (non-hydrogen) atoms. The highest BCUT2D eigenvalue weighted by molar-refractivity contribution is 6.50. The maximum atomic E-state index is 9.75. The van der Waals surface area contributed by atoms with Gasteiger partial charge in [0.2, 0.25) is 0 Å². The minimum absolute atomic E-state index is 0.592. The minimum Gasteiger partial charge on any atom is -0.493 e. The van der Waals surface area contributed by atoms with E-state index in [9.17, 15) is 17.3 Å². The fraction of sp³-hybridized carbons (Fsp3) is 0.103. The summed E-state index contributed by atoms with van der Waals surface area (Å²) >= 11 is 0. The summed E-state index contributed by atoms with van der Waals surface area (Å²) in [6, 6.07) is 31.9. The van der Waals surface area contributed by atoms with Crippen molar-refractivity contribution in [1.82, 2.24) is 4.98 Å². The van der Waals surface area contributed by atoms with Gasteiger partial charge in [-0.3, -0.25) is 0 Å². The first-order valence-electron chi connectivity index (χ1n) is 12.1. The number of hydrogen-bond acceptors (Lipinski definition) is 5. The molecule has 0 bridgehead atoms. The van der Waals surface area contributed by atoms with E-state index in [1.54, 1.807) is 21.3 Å². The Labute approximate surface area is 228 Å². The van der Waals surface area contributed by atoms with Crippen LogP contribution in [0.15, 0.2) is 97.1 Å². The number of nitrogens with zero attached hydrogens (tertiary/aromatic N) is 2. The number of aromatic nitrogens is 2. The van der Waals surface area contributed by atoms with Crippen LogP contribution in [0.4, 0.5) is 28.9 Å². The van der Waals surface area contributed by atoms with Crippen molar-refractivity contribution in [2.75, 3.05) is 26.6 Å². The van der Waals surface area contributed by atoms with Crippen molar-refractivity contribution in [2.24, 2.45) is 0 Å². The molecule has 0 radical (unpaired) electrons. The third-order valence-electron chi connectivity index (χ3n) is 5.85. The largest absolute Gasteiger partial charge is 0.673 e. The Kier molecular flexibility index (Phi) is 8.73. The molecule has 0 aliphatic rings. The molecule has 0 saturated heterocycles. The molecule has 0 aliphatic carbocycles. The molecule has 0 aliphatic heterocycles.